The lowest BCUT2D eigenvalue weighted by atomic mass is 9.57. The molecule has 0 heterocycles. The molecule has 3 fully saturated rings. The van der Waals surface area contributed by atoms with E-state index in [1.807, 2.05) is 0 Å². The first-order valence-electron chi connectivity index (χ1n) is 26.2. The van der Waals surface area contributed by atoms with Crippen LogP contribution in [0.1, 0.15) is 304 Å². The normalized spacial score (nSPS) is 27.4. The molecule has 0 spiro atoms. The highest BCUT2D eigenvalue weighted by atomic mass is 14.5. The summed E-state index contributed by atoms with van der Waals surface area (Å²) in [4.78, 5) is 0. The van der Waals surface area contributed by atoms with E-state index >= 15 is 0 Å². The van der Waals surface area contributed by atoms with Crippen molar-refractivity contribution in [2.75, 3.05) is 0 Å². The van der Waals surface area contributed by atoms with E-state index in [0.29, 0.717) is 10.8 Å². The Balaban J connectivity index is 1.70. The Morgan fingerprint density at radius 3 is 0.585 bits per heavy atom. The Kier molecular flexibility index (Phi) is 26.9. The fourth-order valence-corrected chi connectivity index (χ4v) is 13.6. The highest BCUT2D eigenvalue weighted by Crippen LogP contribution is 2.53. The summed E-state index contributed by atoms with van der Waals surface area (Å²) >= 11 is 0. The van der Waals surface area contributed by atoms with Crippen molar-refractivity contribution in [2.45, 2.75) is 304 Å². The van der Waals surface area contributed by atoms with Crippen LogP contribution >= 0.6 is 0 Å². The summed E-state index contributed by atoms with van der Waals surface area (Å²) in [6, 6.07) is 0. The molecular weight excluding hydrogens is 637 g/mol. The van der Waals surface area contributed by atoms with E-state index in [9.17, 15) is 0 Å². The second kappa shape index (κ2) is 30.1. The summed E-state index contributed by atoms with van der Waals surface area (Å²) in [5, 5.41) is 0. The maximum atomic E-state index is 2.64. The Bertz CT molecular complexity index is 779. The van der Waals surface area contributed by atoms with Gasteiger partial charge >= 0.3 is 0 Å². The number of rotatable bonds is 9. The van der Waals surface area contributed by atoms with Gasteiger partial charge in [-0.25, -0.2) is 0 Å². The van der Waals surface area contributed by atoms with Gasteiger partial charge in [0.15, 0.2) is 0 Å². The van der Waals surface area contributed by atoms with Crippen LogP contribution in [0.4, 0.5) is 0 Å². The lowest BCUT2D eigenvalue weighted by molar-refractivity contribution is 0.0231. The van der Waals surface area contributed by atoms with Crippen LogP contribution in [-0.4, -0.2) is 0 Å². The molecule has 0 N–H and O–H groups in total. The molecule has 0 amide bonds. The molecule has 0 aliphatic heterocycles. The van der Waals surface area contributed by atoms with Crippen LogP contribution in [0.5, 0.6) is 0 Å². The van der Waals surface area contributed by atoms with E-state index in [2.05, 4.69) is 27.7 Å². The van der Waals surface area contributed by atoms with Crippen LogP contribution < -0.4 is 0 Å². The maximum Gasteiger partial charge on any atom is -0.0244 e. The lowest BCUT2D eigenvalue weighted by Gasteiger charge is -2.48. The van der Waals surface area contributed by atoms with Crippen LogP contribution in [0.2, 0.25) is 0 Å². The topological polar surface area (TPSA) is 0 Å². The third-order valence-corrected chi connectivity index (χ3v) is 16.9. The first-order chi connectivity index (χ1) is 26.2. The van der Waals surface area contributed by atoms with Crippen LogP contribution in [0.3, 0.4) is 0 Å². The third kappa shape index (κ3) is 17.2. The molecule has 0 nitrogen and oxygen atoms in total. The smallest absolute Gasteiger partial charge is 0.0244 e. The zero-order chi connectivity index (χ0) is 37.7. The van der Waals surface area contributed by atoms with Gasteiger partial charge in [0.2, 0.25) is 0 Å². The van der Waals surface area contributed by atoms with Crippen molar-refractivity contribution >= 4 is 0 Å². The van der Waals surface area contributed by atoms with Crippen molar-refractivity contribution in [3.8, 4) is 0 Å². The van der Waals surface area contributed by atoms with E-state index in [-0.39, 0.29) is 0 Å². The molecular formula is C53H102. The highest BCUT2D eigenvalue weighted by Gasteiger charge is 2.43. The summed E-state index contributed by atoms with van der Waals surface area (Å²) < 4.78 is 0. The largest absolute Gasteiger partial charge is 0.0654 e. The summed E-state index contributed by atoms with van der Waals surface area (Å²) in [6.07, 6.45) is 64.8. The molecule has 0 bridgehead atoms. The minimum Gasteiger partial charge on any atom is -0.0654 e. The third-order valence-electron chi connectivity index (χ3n) is 16.9. The van der Waals surface area contributed by atoms with Crippen molar-refractivity contribution in [1.82, 2.24) is 0 Å². The van der Waals surface area contributed by atoms with Crippen LogP contribution in [0.25, 0.3) is 0 Å². The monoisotopic (exact) mass is 739 g/mol. The molecule has 3 rings (SSSR count). The molecule has 3 saturated carbocycles. The van der Waals surface area contributed by atoms with Gasteiger partial charge in [-0.05, 0) is 112 Å². The minimum absolute atomic E-state index is 0.601. The molecule has 0 aromatic carbocycles. The van der Waals surface area contributed by atoms with Crippen LogP contribution in [0.15, 0.2) is 0 Å². The Morgan fingerprint density at radius 2 is 0.415 bits per heavy atom. The molecule has 3 unspecified atom stereocenters. The van der Waals surface area contributed by atoms with Gasteiger partial charge in [0.25, 0.3) is 0 Å². The van der Waals surface area contributed by atoms with E-state index in [1.165, 1.54) is 244 Å². The second-order valence-electron chi connectivity index (χ2n) is 20.0. The predicted octanol–water partition coefficient (Wildman–Crippen LogP) is 19.3. The zero-order valence-electron chi connectivity index (χ0n) is 37.7. The molecule has 3 atom stereocenters. The SMILES string of the molecule is CCCC(CC)(C1CCCCCCCCCCCC1)C1CCCCCCCC(C(CC)(CC)C2CCCCCCCCCCCCC2)CCCCCC1. The first kappa shape index (κ1) is 47.4. The van der Waals surface area contributed by atoms with Crippen molar-refractivity contribution in [3.63, 3.8) is 0 Å². The van der Waals surface area contributed by atoms with E-state index in [1.54, 1.807) is 32.1 Å². The number of hydrogen-bond donors (Lipinski definition) is 0. The Labute approximate surface area is 337 Å². The minimum atomic E-state index is 0.601. The van der Waals surface area contributed by atoms with Crippen molar-refractivity contribution < 1.29 is 0 Å². The molecule has 0 radical (unpaired) electrons. The molecule has 53 heavy (non-hydrogen) atoms. The van der Waals surface area contributed by atoms with Crippen LogP contribution in [0, 0.1) is 34.5 Å². The first-order valence-corrected chi connectivity index (χ1v) is 26.2. The van der Waals surface area contributed by atoms with E-state index in [4.69, 9.17) is 0 Å². The van der Waals surface area contributed by atoms with Crippen molar-refractivity contribution in [2.24, 2.45) is 34.5 Å². The van der Waals surface area contributed by atoms with Gasteiger partial charge in [0.1, 0.15) is 0 Å². The Hall–Kier alpha value is 0. The van der Waals surface area contributed by atoms with Gasteiger partial charge in [-0.15, -0.1) is 0 Å². The summed E-state index contributed by atoms with van der Waals surface area (Å²) in [6.45, 7) is 10.4. The van der Waals surface area contributed by atoms with E-state index in [0.717, 1.165) is 23.7 Å². The second-order valence-corrected chi connectivity index (χ2v) is 20.0. The summed E-state index contributed by atoms with van der Waals surface area (Å²) in [7, 11) is 0. The quantitative estimate of drug-likeness (QED) is 0.221. The number of hydrogen-bond acceptors (Lipinski definition) is 0. The molecule has 0 heteroatoms. The molecule has 0 aromatic heterocycles. The molecule has 3 aliphatic rings. The fraction of sp³-hybridized carbons (Fsp3) is 1.00. The van der Waals surface area contributed by atoms with Gasteiger partial charge in [-0.3, -0.25) is 0 Å². The van der Waals surface area contributed by atoms with E-state index < -0.39 is 0 Å². The van der Waals surface area contributed by atoms with Gasteiger partial charge < -0.3 is 0 Å². The standard InChI is InChI=1S/C53H102/c1-5-47-53(8-4,50-43-34-25-20-16-12-13-17-21-26-35-44-50)51-45-36-28-22-27-33-41-49(42-37-29-30-38-46-51)52(6-2,7-3)48-39-31-23-18-14-10-9-11-15-19-24-32-40-48/h48-51H,5-47H2,1-4H3. The maximum absolute atomic E-state index is 2.64. The molecule has 3 aliphatic carbocycles. The fourth-order valence-electron chi connectivity index (χ4n) is 13.6. The average Bonchev–Trinajstić information content (AvgIpc) is 3.19. The average molecular weight is 739 g/mol. The molecule has 314 valence electrons. The van der Waals surface area contributed by atoms with Gasteiger partial charge in [-0.2, -0.15) is 0 Å². The van der Waals surface area contributed by atoms with Gasteiger partial charge in [-0.1, -0.05) is 227 Å². The summed E-state index contributed by atoms with van der Waals surface area (Å²) in [5.41, 5.74) is 1.21. The van der Waals surface area contributed by atoms with Crippen molar-refractivity contribution in [1.29, 1.82) is 0 Å². The molecule has 0 aromatic rings. The highest BCUT2D eigenvalue weighted by molar-refractivity contribution is 4.93. The van der Waals surface area contributed by atoms with Crippen molar-refractivity contribution in [3.05, 3.63) is 0 Å². The van der Waals surface area contributed by atoms with Gasteiger partial charge in [0.05, 0.1) is 0 Å². The lowest BCUT2D eigenvalue weighted by Crippen LogP contribution is -2.38. The summed E-state index contributed by atoms with van der Waals surface area (Å²) in [5.74, 6) is 3.92. The zero-order valence-corrected chi connectivity index (χ0v) is 37.7. The van der Waals surface area contributed by atoms with Crippen LogP contribution in [-0.2, 0) is 0 Å². The molecule has 0 saturated heterocycles. The predicted molar refractivity (Wildman–Crippen MR) is 240 cm³/mol. The Morgan fingerprint density at radius 1 is 0.245 bits per heavy atom. The van der Waals surface area contributed by atoms with Gasteiger partial charge in [0, 0.05) is 0 Å².